The molecule has 1 N–H and O–H groups in total. The molecule has 2 rings (SSSR count). The number of carboxylic acid groups (broad SMARTS) is 1. The molecular formula is C9H6N2O4S2. The summed E-state index contributed by atoms with van der Waals surface area (Å²) >= 11 is 2.31. The number of non-ortho nitro benzene ring substituents is 1. The van der Waals surface area contributed by atoms with Crippen LogP contribution in [0.2, 0.25) is 0 Å². The molecule has 8 heteroatoms. The molecule has 0 radical (unpaired) electrons. The normalized spacial score (nSPS) is 10.6. The molecule has 0 aliphatic carbocycles. The summed E-state index contributed by atoms with van der Waals surface area (Å²) < 4.78 is 1.21. The molecule has 0 spiro atoms. The number of benzene rings is 1. The van der Waals surface area contributed by atoms with Gasteiger partial charge in [0.1, 0.15) is 0 Å². The second-order valence-corrected chi connectivity index (χ2v) is 5.30. The van der Waals surface area contributed by atoms with Gasteiger partial charge >= 0.3 is 5.97 Å². The maximum atomic E-state index is 10.8. The van der Waals surface area contributed by atoms with E-state index in [4.69, 9.17) is 5.11 Å². The highest BCUT2D eigenvalue weighted by Gasteiger charge is 2.16. The number of hydrogen-bond acceptors (Lipinski definition) is 6. The topological polar surface area (TPSA) is 93.3 Å². The fraction of sp³-hybridized carbons (Fsp3) is 0.111. The molecule has 0 amide bonds. The van der Waals surface area contributed by atoms with Gasteiger partial charge < -0.3 is 5.11 Å². The number of para-hydroxylation sites is 1. The Balaban J connectivity index is 2.39. The second kappa shape index (κ2) is 4.68. The van der Waals surface area contributed by atoms with Gasteiger partial charge in [-0.05, 0) is 6.07 Å². The van der Waals surface area contributed by atoms with Crippen LogP contribution in [0.4, 0.5) is 5.69 Å². The van der Waals surface area contributed by atoms with Crippen LogP contribution in [0, 0.1) is 10.1 Å². The predicted molar refractivity (Wildman–Crippen MR) is 64.6 cm³/mol. The van der Waals surface area contributed by atoms with Crippen molar-refractivity contribution in [2.24, 2.45) is 0 Å². The Morgan fingerprint density at radius 2 is 2.35 bits per heavy atom. The van der Waals surface area contributed by atoms with Gasteiger partial charge in [-0.2, -0.15) is 0 Å². The lowest BCUT2D eigenvalue weighted by molar-refractivity contribution is -0.383. The van der Waals surface area contributed by atoms with Gasteiger partial charge in [-0.25, -0.2) is 4.98 Å². The van der Waals surface area contributed by atoms with E-state index in [1.807, 2.05) is 0 Å². The van der Waals surface area contributed by atoms with Crippen LogP contribution < -0.4 is 0 Å². The smallest absolute Gasteiger partial charge is 0.313 e. The summed E-state index contributed by atoms with van der Waals surface area (Å²) in [7, 11) is 0. The summed E-state index contributed by atoms with van der Waals surface area (Å²) in [5, 5.41) is 19.3. The number of hydrogen-bond donors (Lipinski definition) is 1. The van der Waals surface area contributed by atoms with Crippen LogP contribution in [0.3, 0.4) is 0 Å². The number of rotatable bonds is 4. The Kier molecular flexibility index (Phi) is 3.25. The molecule has 0 unspecified atom stereocenters. The van der Waals surface area contributed by atoms with Gasteiger partial charge in [0.2, 0.25) is 0 Å². The van der Waals surface area contributed by atoms with Gasteiger partial charge in [-0.15, -0.1) is 11.3 Å². The van der Waals surface area contributed by atoms with Crippen LogP contribution >= 0.6 is 23.1 Å². The quantitative estimate of drug-likeness (QED) is 0.521. The van der Waals surface area contributed by atoms with Crippen LogP contribution in [0.5, 0.6) is 0 Å². The number of nitro groups is 1. The zero-order chi connectivity index (χ0) is 12.4. The summed E-state index contributed by atoms with van der Waals surface area (Å²) in [6.07, 6.45) is 0. The third kappa shape index (κ3) is 2.53. The molecule has 0 atom stereocenters. The van der Waals surface area contributed by atoms with E-state index < -0.39 is 10.9 Å². The molecule has 6 nitrogen and oxygen atoms in total. The molecule has 88 valence electrons. The SMILES string of the molecule is O=C(O)CSc1nc2c([N+](=O)[O-])cccc2s1. The molecule has 1 heterocycles. The van der Waals surface area contributed by atoms with E-state index in [-0.39, 0.29) is 11.4 Å². The van der Waals surface area contributed by atoms with E-state index in [0.717, 1.165) is 11.8 Å². The highest BCUT2D eigenvalue weighted by atomic mass is 32.2. The van der Waals surface area contributed by atoms with Crippen LogP contribution in [0.1, 0.15) is 0 Å². The van der Waals surface area contributed by atoms with Crippen molar-refractivity contribution in [3.63, 3.8) is 0 Å². The minimum atomic E-state index is -0.941. The van der Waals surface area contributed by atoms with Crippen molar-refractivity contribution in [2.45, 2.75) is 4.34 Å². The Bertz CT molecular complexity index is 596. The molecule has 0 fully saturated rings. The number of thioether (sulfide) groups is 1. The number of nitrogens with zero attached hydrogens (tertiary/aromatic N) is 2. The molecular weight excluding hydrogens is 264 g/mol. The number of nitro benzene ring substituents is 1. The van der Waals surface area contributed by atoms with Crippen molar-refractivity contribution in [1.29, 1.82) is 0 Å². The molecule has 0 aliphatic heterocycles. The fourth-order valence-corrected chi connectivity index (χ4v) is 3.05. The highest BCUT2D eigenvalue weighted by Crippen LogP contribution is 2.33. The molecule has 2 aromatic rings. The van der Waals surface area contributed by atoms with E-state index in [0.29, 0.717) is 14.6 Å². The zero-order valence-corrected chi connectivity index (χ0v) is 9.96. The standard InChI is InChI=1S/C9H6N2O4S2/c12-7(13)4-16-9-10-8-5(11(14)15)2-1-3-6(8)17-9/h1-3H,4H2,(H,12,13). The maximum Gasteiger partial charge on any atom is 0.313 e. The van der Waals surface area contributed by atoms with Crippen molar-refractivity contribution < 1.29 is 14.8 Å². The van der Waals surface area contributed by atoms with Crippen molar-refractivity contribution in [3.05, 3.63) is 28.3 Å². The van der Waals surface area contributed by atoms with E-state index in [9.17, 15) is 14.9 Å². The summed E-state index contributed by atoms with van der Waals surface area (Å²) in [5.74, 6) is -1.04. The van der Waals surface area contributed by atoms with Crippen LogP contribution in [-0.4, -0.2) is 26.7 Å². The van der Waals surface area contributed by atoms with Crippen LogP contribution in [0.25, 0.3) is 10.2 Å². The van der Waals surface area contributed by atoms with Gasteiger partial charge in [0.25, 0.3) is 5.69 Å². The average molecular weight is 270 g/mol. The first-order valence-corrected chi connectivity index (χ1v) is 6.26. The van der Waals surface area contributed by atoms with Crippen molar-refractivity contribution in [2.75, 3.05) is 5.75 Å². The Morgan fingerprint density at radius 1 is 1.59 bits per heavy atom. The number of carboxylic acids is 1. The number of aromatic nitrogens is 1. The number of carbonyl (C=O) groups is 1. The van der Waals surface area contributed by atoms with Gasteiger partial charge in [0.15, 0.2) is 9.86 Å². The Morgan fingerprint density at radius 3 is 3.00 bits per heavy atom. The fourth-order valence-electron chi connectivity index (χ4n) is 1.25. The largest absolute Gasteiger partial charge is 0.481 e. The number of thiazole rings is 1. The lowest BCUT2D eigenvalue weighted by Gasteiger charge is -1.90. The van der Waals surface area contributed by atoms with Gasteiger partial charge in [-0.1, -0.05) is 17.8 Å². The first-order chi connectivity index (χ1) is 8.08. The minimum Gasteiger partial charge on any atom is -0.481 e. The summed E-state index contributed by atoms with van der Waals surface area (Å²) in [5.41, 5.74) is 0.260. The van der Waals surface area contributed by atoms with Gasteiger partial charge in [0.05, 0.1) is 15.4 Å². The van der Waals surface area contributed by atoms with E-state index in [2.05, 4.69) is 4.98 Å². The van der Waals surface area contributed by atoms with Crippen molar-refractivity contribution in [3.8, 4) is 0 Å². The van der Waals surface area contributed by atoms with Gasteiger partial charge in [0, 0.05) is 6.07 Å². The van der Waals surface area contributed by atoms with E-state index >= 15 is 0 Å². The van der Waals surface area contributed by atoms with Gasteiger partial charge in [-0.3, -0.25) is 14.9 Å². The summed E-state index contributed by atoms with van der Waals surface area (Å²) in [6.45, 7) is 0. The molecule has 1 aromatic carbocycles. The first-order valence-electron chi connectivity index (χ1n) is 4.46. The third-order valence-corrected chi connectivity index (χ3v) is 4.04. The average Bonchev–Trinajstić information content (AvgIpc) is 2.68. The van der Waals surface area contributed by atoms with E-state index in [1.165, 1.54) is 17.4 Å². The zero-order valence-electron chi connectivity index (χ0n) is 8.32. The van der Waals surface area contributed by atoms with Crippen molar-refractivity contribution >= 4 is 45.0 Å². The highest BCUT2D eigenvalue weighted by molar-refractivity contribution is 8.01. The summed E-state index contributed by atoms with van der Waals surface area (Å²) in [6, 6.07) is 4.70. The van der Waals surface area contributed by atoms with Crippen molar-refractivity contribution in [1.82, 2.24) is 4.98 Å². The third-order valence-electron chi connectivity index (χ3n) is 1.89. The molecule has 0 aliphatic rings. The molecule has 17 heavy (non-hydrogen) atoms. The van der Waals surface area contributed by atoms with Crippen LogP contribution in [0.15, 0.2) is 22.5 Å². The predicted octanol–water partition coefficient (Wildman–Crippen LogP) is 2.38. The minimum absolute atomic E-state index is 0.0547. The first kappa shape index (κ1) is 11.8. The number of fused-ring (bicyclic) bond motifs is 1. The lowest BCUT2D eigenvalue weighted by Crippen LogP contribution is -1.96. The van der Waals surface area contributed by atoms with E-state index in [1.54, 1.807) is 12.1 Å². The summed E-state index contributed by atoms with van der Waals surface area (Å²) in [4.78, 5) is 24.8. The number of aliphatic carboxylic acids is 1. The Hall–Kier alpha value is -1.67. The maximum absolute atomic E-state index is 10.8. The second-order valence-electron chi connectivity index (χ2n) is 3.04. The molecule has 1 aromatic heterocycles. The molecule has 0 saturated carbocycles. The molecule has 0 saturated heterocycles. The lowest BCUT2D eigenvalue weighted by atomic mass is 10.3. The molecule has 0 bridgehead atoms. The van der Waals surface area contributed by atoms with Crippen LogP contribution in [-0.2, 0) is 4.79 Å². The monoisotopic (exact) mass is 270 g/mol. The Labute approximate surface area is 103 Å².